The Hall–Kier alpha value is -6.34. The Kier molecular flexibility index (Phi) is 6.11. The largest absolute Gasteiger partial charge is 0.457 e. The first-order valence-corrected chi connectivity index (χ1v) is 14.3. The lowest BCUT2D eigenvalue weighted by Gasteiger charge is -2.10. The summed E-state index contributed by atoms with van der Waals surface area (Å²) in [5, 5.41) is 1.97. The SMILES string of the molecule is [2H]c1cc(Oc2ccc3c4ccc(Oc5cc([2H])cc(-c6ccccn6)c5)cc4n(-c4ncccn4)c3c2)cc(-c2ccccn2)c1. The van der Waals surface area contributed by atoms with Gasteiger partial charge in [0.2, 0.25) is 5.95 Å². The number of rotatable bonds is 7. The average Bonchev–Trinajstić information content (AvgIpc) is 3.41. The minimum Gasteiger partial charge on any atom is -0.457 e. The van der Waals surface area contributed by atoms with Crippen molar-refractivity contribution in [3.8, 4) is 51.5 Å². The molecule has 8 rings (SSSR count). The Morgan fingerprint density at radius 3 is 1.44 bits per heavy atom. The molecule has 4 aromatic carbocycles. The molecule has 8 aromatic rings. The molecule has 0 radical (unpaired) electrons. The van der Waals surface area contributed by atoms with E-state index in [0.29, 0.717) is 41.0 Å². The second-order valence-corrected chi connectivity index (χ2v) is 10.3. The van der Waals surface area contributed by atoms with E-state index >= 15 is 0 Å². The van der Waals surface area contributed by atoms with E-state index in [0.717, 1.165) is 44.3 Å². The highest BCUT2D eigenvalue weighted by molar-refractivity contribution is 6.09. The molecule has 0 N–H and O–H groups in total. The van der Waals surface area contributed by atoms with E-state index in [1.54, 1.807) is 55.1 Å². The van der Waals surface area contributed by atoms with Gasteiger partial charge in [0.05, 0.1) is 25.2 Å². The zero-order chi connectivity index (χ0) is 31.7. The molecule has 0 aliphatic carbocycles. The van der Waals surface area contributed by atoms with Crippen molar-refractivity contribution >= 4 is 21.8 Å². The maximum absolute atomic E-state index is 8.36. The third-order valence-electron chi connectivity index (χ3n) is 7.38. The fourth-order valence-electron chi connectivity index (χ4n) is 5.38. The Balaban J connectivity index is 1.20. The number of hydrogen-bond acceptors (Lipinski definition) is 6. The minimum atomic E-state index is 0.326. The molecule has 0 atom stereocenters. The molecule has 0 spiro atoms. The summed E-state index contributed by atoms with van der Waals surface area (Å²) < 4.78 is 31.3. The van der Waals surface area contributed by atoms with E-state index in [9.17, 15) is 0 Å². The first kappa shape index (κ1) is 24.1. The van der Waals surface area contributed by atoms with Crippen LogP contribution in [0.5, 0.6) is 23.0 Å². The van der Waals surface area contributed by atoms with Crippen molar-refractivity contribution in [1.29, 1.82) is 0 Å². The van der Waals surface area contributed by atoms with Crippen LogP contribution in [0.2, 0.25) is 0 Å². The van der Waals surface area contributed by atoms with Crippen LogP contribution in [0.3, 0.4) is 0 Å². The van der Waals surface area contributed by atoms with Gasteiger partial charge in [-0.2, -0.15) is 0 Å². The Morgan fingerprint density at radius 1 is 0.467 bits per heavy atom. The molecule has 4 heterocycles. The van der Waals surface area contributed by atoms with Gasteiger partial charge in [0.1, 0.15) is 23.0 Å². The van der Waals surface area contributed by atoms with Crippen LogP contribution in [0.25, 0.3) is 50.3 Å². The molecular weight excluding hydrogens is 558 g/mol. The van der Waals surface area contributed by atoms with Gasteiger partial charge in [0.15, 0.2) is 0 Å². The molecule has 214 valence electrons. The van der Waals surface area contributed by atoms with Gasteiger partial charge in [-0.3, -0.25) is 14.5 Å². The number of benzene rings is 4. The van der Waals surface area contributed by atoms with E-state index in [4.69, 9.17) is 12.2 Å². The number of hydrogen-bond donors (Lipinski definition) is 0. The lowest BCUT2D eigenvalue weighted by molar-refractivity contribution is 0.483. The molecule has 7 heteroatoms. The molecule has 4 aromatic heterocycles. The fraction of sp³-hybridized carbons (Fsp3) is 0. The van der Waals surface area contributed by atoms with E-state index in [1.165, 1.54) is 0 Å². The summed E-state index contributed by atoms with van der Waals surface area (Å²) in [6, 6.07) is 36.2. The van der Waals surface area contributed by atoms with Crippen LogP contribution < -0.4 is 9.47 Å². The van der Waals surface area contributed by atoms with E-state index < -0.39 is 0 Å². The van der Waals surface area contributed by atoms with Crippen molar-refractivity contribution in [2.45, 2.75) is 0 Å². The lowest BCUT2D eigenvalue weighted by Crippen LogP contribution is -2.00. The molecule has 0 fully saturated rings. The number of aromatic nitrogens is 5. The molecule has 0 saturated carbocycles. The van der Waals surface area contributed by atoms with Crippen molar-refractivity contribution in [2.24, 2.45) is 0 Å². The second-order valence-electron chi connectivity index (χ2n) is 10.3. The van der Waals surface area contributed by atoms with Crippen molar-refractivity contribution < 1.29 is 12.2 Å². The van der Waals surface area contributed by atoms with Gasteiger partial charge in [0, 0.05) is 58.8 Å². The third-order valence-corrected chi connectivity index (χ3v) is 7.38. The second kappa shape index (κ2) is 11.4. The van der Waals surface area contributed by atoms with Crippen LogP contribution >= 0.6 is 0 Å². The van der Waals surface area contributed by atoms with Crippen molar-refractivity contribution in [1.82, 2.24) is 24.5 Å². The highest BCUT2D eigenvalue weighted by Crippen LogP contribution is 2.37. The van der Waals surface area contributed by atoms with E-state index in [1.807, 2.05) is 89.5 Å². The minimum absolute atomic E-state index is 0.326. The summed E-state index contributed by atoms with van der Waals surface area (Å²) in [5.74, 6) is 2.77. The molecule has 0 aliphatic rings. The summed E-state index contributed by atoms with van der Waals surface area (Å²) in [4.78, 5) is 18.0. The summed E-state index contributed by atoms with van der Waals surface area (Å²) in [5.41, 5.74) is 4.83. The normalized spacial score (nSPS) is 11.7. The van der Waals surface area contributed by atoms with E-state index in [2.05, 4.69) is 19.9 Å². The molecular formula is C38H25N5O2. The number of ether oxygens (including phenoxy) is 2. The molecule has 0 unspecified atom stereocenters. The topological polar surface area (TPSA) is 75.0 Å². The quantitative estimate of drug-likeness (QED) is 0.186. The van der Waals surface area contributed by atoms with E-state index in [-0.39, 0.29) is 0 Å². The van der Waals surface area contributed by atoms with Crippen molar-refractivity contribution in [2.75, 3.05) is 0 Å². The first-order chi connectivity index (χ1) is 23.1. The predicted molar refractivity (Wildman–Crippen MR) is 176 cm³/mol. The van der Waals surface area contributed by atoms with Crippen LogP contribution in [0.15, 0.2) is 152 Å². The van der Waals surface area contributed by atoms with Crippen molar-refractivity contribution in [3.63, 3.8) is 0 Å². The zero-order valence-electron chi connectivity index (χ0n) is 25.8. The van der Waals surface area contributed by atoms with Crippen LogP contribution in [0, 0.1) is 0 Å². The van der Waals surface area contributed by atoms with Crippen molar-refractivity contribution in [3.05, 3.63) is 152 Å². The Morgan fingerprint density at radius 2 is 0.956 bits per heavy atom. The Labute approximate surface area is 261 Å². The van der Waals surface area contributed by atoms with Gasteiger partial charge >= 0.3 is 0 Å². The molecule has 7 nitrogen and oxygen atoms in total. The van der Waals surface area contributed by atoms with Crippen LogP contribution in [0.4, 0.5) is 0 Å². The fourth-order valence-corrected chi connectivity index (χ4v) is 5.38. The summed E-state index contributed by atoms with van der Waals surface area (Å²) in [7, 11) is 0. The maximum atomic E-state index is 8.36. The summed E-state index contributed by atoms with van der Waals surface area (Å²) in [6.45, 7) is 0. The molecule has 0 aliphatic heterocycles. The molecule has 0 bridgehead atoms. The predicted octanol–water partition coefficient (Wildman–Crippen LogP) is 9.28. The number of nitrogens with zero attached hydrogens (tertiary/aromatic N) is 5. The van der Waals surface area contributed by atoms with Crippen LogP contribution in [-0.2, 0) is 0 Å². The van der Waals surface area contributed by atoms with Crippen LogP contribution in [-0.4, -0.2) is 24.5 Å². The Bertz CT molecular complexity index is 2240. The van der Waals surface area contributed by atoms with Gasteiger partial charge < -0.3 is 9.47 Å². The third kappa shape index (κ3) is 5.23. The first-order valence-electron chi connectivity index (χ1n) is 15.3. The monoisotopic (exact) mass is 585 g/mol. The summed E-state index contributed by atoms with van der Waals surface area (Å²) in [6.07, 6.45) is 6.87. The highest BCUT2D eigenvalue weighted by atomic mass is 16.5. The number of fused-ring (bicyclic) bond motifs is 3. The number of pyridine rings is 2. The van der Waals surface area contributed by atoms with Gasteiger partial charge in [-0.1, -0.05) is 36.4 Å². The van der Waals surface area contributed by atoms with Gasteiger partial charge in [-0.05, 0) is 78.9 Å². The molecule has 45 heavy (non-hydrogen) atoms. The maximum Gasteiger partial charge on any atom is 0.234 e. The molecule has 0 amide bonds. The zero-order valence-corrected chi connectivity index (χ0v) is 23.8. The standard InChI is InChI=1S/C38H25N5O2/c1-3-18-39-34(12-1)26-8-5-10-28(22-26)44-30-14-16-32-33-17-15-31(25-37(33)43(36(32)24-30)38-41-20-7-21-42-38)45-29-11-6-9-27(23-29)35-13-2-4-19-40-35/h1-25H/i5D,6D. The van der Waals surface area contributed by atoms with Gasteiger partial charge in [0.25, 0.3) is 0 Å². The lowest BCUT2D eigenvalue weighted by atomic mass is 10.1. The smallest absolute Gasteiger partial charge is 0.234 e. The van der Waals surface area contributed by atoms with Gasteiger partial charge in [-0.25, -0.2) is 9.97 Å². The average molecular weight is 586 g/mol. The highest BCUT2D eigenvalue weighted by Gasteiger charge is 2.16. The van der Waals surface area contributed by atoms with Gasteiger partial charge in [-0.15, -0.1) is 0 Å². The van der Waals surface area contributed by atoms with Crippen LogP contribution in [0.1, 0.15) is 2.74 Å². The molecule has 0 saturated heterocycles. The summed E-state index contributed by atoms with van der Waals surface area (Å²) >= 11 is 0.